The maximum atomic E-state index is 13.6. The molecule has 0 aliphatic carbocycles. The number of ether oxygens (including phenoxy) is 1. The number of fused-ring (bicyclic) bond motifs is 2. The van der Waals surface area contributed by atoms with Gasteiger partial charge in [0, 0.05) is 43.5 Å². The van der Waals surface area contributed by atoms with Gasteiger partial charge in [0.05, 0.1) is 48.2 Å². The summed E-state index contributed by atoms with van der Waals surface area (Å²) in [5.41, 5.74) is 5.36. The number of benzene rings is 1. The van der Waals surface area contributed by atoms with E-state index in [1.807, 2.05) is 34.9 Å². The number of nitrogens with zero attached hydrogens (tertiary/aromatic N) is 5. The van der Waals surface area contributed by atoms with Crippen LogP contribution in [0.25, 0.3) is 16.9 Å². The smallest absolute Gasteiger partial charge is 0.290 e. The van der Waals surface area contributed by atoms with Crippen molar-refractivity contribution in [2.75, 3.05) is 50.6 Å². The molecule has 0 bridgehead atoms. The predicted octanol–water partition coefficient (Wildman–Crippen LogP) is 2.99. The number of pyridine rings is 2. The van der Waals surface area contributed by atoms with Crippen LogP contribution >= 0.6 is 0 Å². The maximum absolute atomic E-state index is 13.6. The zero-order chi connectivity index (χ0) is 28.2. The van der Waals surface area contributed by atoms with E-state index in [-0.39, 0.29) is 18.2 Å². The number of hydrogen-bond acceptors (Lipinski definition) is 8. The fourth-order valence-corrected chi connectivity index (χ4v) is 4.97. The number of carbonyl (C=O) groups is 2. The minimum Gasteiger partial charge on any atom is -0.483 e. The summed E-state index contributed by atoms with van der Waals surface area (Å²) in [6.45, 7) is 3.23. The average Bonchev–Trinajstić information content (AvgIpc) is 3.44. The van der Waals surface area contributed by atoms with Gasteiger partial charge in [-0.15, -0.1) is 0 Å². The van der Waals surface area contributed by atoms with Crippen LogP contribution in [0.15, 0.2) is 55.0 Å². The summed E-state index contributed by atoms with van der Waals surface area (Å²) in [7, 11) is 4.13. The molecule has 0 spiro atoms. The number of carbonyl (C=O) groups excluding carboxylic acids is 1. The third-order valence-electron chi connectivity index (χ3n) is 7.07. The van der Waals surface area contributed by atoms with Crippen molar-refractivity contribution < 1.29 is 23.8 Å². The number of imidazole rings is 1. The Morgan fingerprint density at radius 1 is 1.20 bits per heavy atom. The molecule has 1 aromatic carbocycles. The van der Waals surface area contributed by atoms with Crippen LogP contribution < -0.4 is 15.5 Å². The van der Waals surface area contributed by atoms with Crippen LogP contribution in [0.2, 0.25) is 0 Å². The predicted molar refractivity (Wildman–Crippen MR) is 148 cm³/mol. The fourth-order valence-electron chi connectivity index (χ4n) is 4.97. The summed E-state index contributed by atoms with van der Waals surface area (Å²) in [6.07, 6.45) is 5.21. The molecule has 1 fully saturated rings. The molecule has 0 saturated carbocycles. The van der Waals surface area contributed by atoms with E-state index >= 15 is 0 Å². The second kappa shape index (κ2) is 11.7. The Bertz CT molecular complexity index is 1520. The largest absolute Gasteiger partial charge is 0.483 e. The molecule has 1 amide bonds. The standard InChI is InChI=1S/C27H28FN7O2.CH2O2/c1-33(2)19-15-34(9-10-37-16-19)18-3-6-24(29-12-18)32-22-5-4-20(21-13-31-27(36)26(21)22)23-14-30-25-11-17(28)7-8-35(23)25;2-1-3/h3-8,11-12,14,19H,9-10,13,15-16H2,1-2H3,(H,29,32)(H,31,36);1H,(H,2,3). The summed E-state index contributed by atoms with van der Waals surface area (Å²) in [5.74, 6) is 0.167. The van der Waals surface area contributed by atoms with Gasteiger partial charge in [0.1, 0.15) is 17.3 Å². The topological polar surface area (TPSA) is 124 Å². The number of rotatable bonds is 5. The van der Waals surface area contributed by atoms with Crippen LogP contribution in [0.5, 0.6) is 0 Å². The highest BCUT2D eigenvalue weighted by Gasteiger charge is 2.27. The molecule has 2 aliphatic rings. The number of hydrogen-bond donors (Lipinski definition) is 3. The van der Waals surface area contributed by atoms with Crippen molar-refractivity contribution in [3.63, 3.8) is 0 Å². The second-order valence-electron chi connectivity index (χ2n) is 9.68. The molecular weight excluding hydrogens is 517 g/mol. The zero-order valence-electron chi connectivity index (χ0n) is 22.2. The van der Waals surface area contributed by atoms with Gasteiger partial charge < -0.3 is 30.3 Å². The monoisotopic (exact) mass is 547 g/mol. The van der Waals surface area contributed by atoms with Gasteiger partial charge in [0.2, 0.25) is 0 Å². The number of likely N-dealkylation sites (N-methyl/N-ethyl adjacent to an activating group) is 1. The van der Waals surface area contributed by atoms with Gasteiger partial charge in [-0.05, 0) is 43.9 Å². The maximum Gasteiger partial charge on any atom is 0.290 e. The molecule has 6 rings (SSSR count). The molecule has 12 heteroatoms. The number of anilines is 3. The van der Waals surface area contributed by atoms with E-state index in [9.17, 15) is 9.18 Å². The first kappa shape index (κ1) is 27.0. The first-order valence-corrected chi connectivity index (χ1v) is 12.8. The molecule has 5 heterocycles. The highest BCUT2D eigenvalue weighted by molar-refractivity contribution is 6.06. The van der Waals surface area contributed by atoms with Crippen LogP contribution in [0.3, 0.4) is 0 Å². The van der Waals surface area contributed by atoms with Crippen molar-refractivity contribution >= 4 is 35.2 Å². The SMILES string of the molecule is CN(C)C1COCCN(c2ccc(Nc3ccc(-c4cnc5cc(F)ccn45)c4c3C(=O)NC4)nc2)C1.O=CO. The molecule has 40 heavy (non-hydrogen) atoms. The van der Waals surface area contributed by atoms with Crippen LogP contribution in [0.4, 0.5) is 21.6 Å². The quantitative estimate of drug-likeness (QED) is 0.324. The summed E-state index contributed by atoms with van der Waals surface area (Å²) in [4.78, 5) is 34.6. The van der Waals surface area contributed by atoms with E-state index in [2.05, 4.69) is 44.5 Å². The highest BCUT2D eigenvalue weighted by Crippen LogP contribution is 2.35. The normalized spacial score (nSPS) is 16.6. The first-order chi connectivity index (χ1) is 19.4. The van der Waals surface area contributed by atoms with Gasteiger partial charge in [0.25, 0.3) is 12.4 Å². The first-order valence-electron chi connectivity index (χ1n) is 12.8. The Morgan fingerprint density at radius 3 is 2.77 bits per heavy atom. The van der Waals surface area contributed by atoms with Crippen molar-refractivity contribution in [2.45, 2.75) is 12.6 Å². The van der Waals surface area contributed by atoms with E-state index in [4.69, 9.17) is 14.6 Å². The Hall–Kier alpha value is -4.55. The molecule has 11 nitrogen and oxygen atoms in total. The number of carboxylic acid groups (broad SMARTS) is 1. The molecule has 0 radical (unpaired) electrons. The number of nitrogens with one attached hydrogen (secondary N) is 2. The van der Waals surface area contributed by atoms with Gasteiger partial charge in [-0.2, -0.15) is 0 Å². The van der Waals surface area contributed by atoms with Gasteiger partial charge >= 0.3 is 0 Å². The Labute approximate surface area is 230 Å². The van der Waals surface area contributed by atoms with E-state index in [0.29, 0.717) is 48.5 Å². The molecule has 1 unspecified atom stereocenters. The lowest BCUT2D eigenvalue weighted by atomic mass is 9.99. The van der Waals surface area contributed by atoms with Gasteiger partial charge in [-0.1, -0.05) is 6.07 Å². The van der Waals surface area contributed by atoms with E-state index in [1.165, 1.54) is 12.1 Å². The lowest BCUT2D eigenvalue weighted by Crippen LogP contribution is -2.41. The van der Waals surface area contributed by atoms with Gasteiger partial charge in [-0.25, -0.2) is 14.4 Å². The molecule has 4 aromatic rings. The Kier molecular flexibility index (Phi) is 7.89. The molecule has 3 N–H and O–H groups in total. The van der Waals surface area contributed by atoms with Gasteiger partial charge in [0.15, 0.2) is 0 Å². The number of amides is 1. The summed E-state index contributed by atoms with van der Waals surface area (Å²) in [6, 6.07) is 10.9. The van der Waals surface area contributed by atoms with Crippen molar-refractivity contribution in [3.05, 3.63) is 71.9 Å². The van der Waals surface area contributed by atoms with E-state index in [0.717, 1.165) is 35.6 Å². The second-order valence-corrected chi connectivity index (χ2v) is 9.68. The molecule has 208 valence electrons. The van der Waals surface area contributed by atoms with Crippen molar-refractivity contribution in [1.29, 1.82) is 0 Å². The van der Waals surface area contributed by atoms with Crippen molar-refractivity contribution in [1.82, 2.24) is 24.6 Å². The lowest BCUT2D eigenvalue weighted by Gasteiger charge is -2.28. The van der Waals surface area contributed by atoms with Crippen LogP contribution in [0, 0.1) is 5.82 Å². The highest BCUT2D eigenvalue weighted by atomic mass is 19.1. The summed E-state index contributed by atoms with van der Waals surface area (Å²) < 4.78 is 21.2. The third kappa shape index (κ3) is 5.44. The zero-order valence-corrected chi connectivity index (χ0v) is 22.2. The third-order valence-corrected chi connectivity index (χ3v) is 7.07. The van der Waals surface area contributed by atoms with E-state index in [1.54, 1.807) is 12.4 Å². The number of halogens is 1. The Morgan fingerprint density at radius 2 is 2.02 bits per heavy atom. The molecule has 1 saturated heterocycles. The summed E-state index contributed by atoms with van der Waals surface area (Å²) in [5, 5.41) is 13.1. The number of aromatic nitrogens is 3. The molecule has 2 aliphatic heterocycles. The van der Waals surface area contributed by atoms with Crippen LogP contribution in [-0.2, 0) is 16.1 Å². The minimum atomic E-state index is -0.341. The molecular formula is C28H30FN7O4. The van der Waals surface area contributed by atoms with Crippen LogP contribution in [0.1, 0.15) is 15.9 Å². The molecule has 1 atom stereocenters. The molecule has 3 aromatic heterocycles. The lowest BCUT2D eigenvalue weighted by molar-refractivity contribution is -0.122. The summed E-state index contributed by atoms with van der Waals surface area (Å²) >= 11 is 0. The van der Waals surface area contributed by atoms with Crippen molar-refractivity contribution in [3.8, 4) is 11.3 Å². The van der Waals surface area contributed by atoms with Crippen molar-refractivity contribution in [2.24, 2.45) is 0 Å². The average molecular weight is 548 g/mol. The van der Waals surface area contributed by atoms with E-state index < -0.39 is 0 Å². The minimum absolute atomic E-state index is 0.143. The van der Waals surface area contributed by atoms with Crippen LogP contribution in [-0.4, -0.2) is 83.2 Å². The fraction of sp³-hybridized carbons (Fsp3) is 0.286. The van der Waals surface area contributed by atoms with Gasteiger partial charge in [-0.3, -0.25) is 14.0 Å². The Balaban J connectivity index is 0.00000103.